The summed E-state index contributed by atoms with van der Waals surface area (Å²) in [4.78, 5) is 9.61. The summed E-state index contributed by atoms with van der Waals surface area (Å²) in [6.07, 6.45) is 5.82. The summed E-state index contributed by atoms with van der Waals surface area (Å²) in [6.45, 7) is 14.2. The number of anilines is 1. The van der Waals surface area contributed by atoms with Crippen LogP contribution in [-0.4, -0.2) is 21.2 Å². The van der Waals surface area contributed by atoms with Gasteiger partial charge in [-0.3, -0.25) is 5.41 Å². The smallest absolute Gasteiger partial charge is 0.189 e. The molecule has 146 valence electrons. The van der Waals surface area contributed by atoms with Gasteiger partial charge in [0.05, 0.1) is 5.17 Å². The van der Waals surface area contributed by atoms with Crippen LogP contribution in [0.5, 0.6) is 0 Å². The summed E-state index contributed by atoms with van der Waals surface area (Å²) in [5.74, 6) is 0.546. The van der Waals surface area contributed by atoms with Gasteiger partial charge in [-0.25, -0.2) is 9.97 Å². The van der Waals surface area contributed by atoms with Gasteiger partial charge >= 0.3 is 0 Å². The Bertz CT molecular complexity index is 650. The highest BCUT2D eigenvalue weighted by Crippen LogP contribution is 2.23. The summed E-state index contributed by atoms with van der Waals surface area (Å²) in [5.41, 5.74) is 6.79. The predicted molar refractivity (Wildman–Crippen MR) is 117 cm³/mol. The highest BCUT2D eigenvalue weighted by molar-refractivity contribution is 7.21. The maximum Gasteiger partial charge on any atom is 0.189 e. The van der Waals surface area contributed by atoms with E-state index in [1.165, 1.54) is 6.92 Å². The van der Waals surface area contributed by atoms with Gasteiger partial charge in [0.2, 0.25) is 0 Å². The highest BCUT2D eigenvalue weighted by Gasteiger charge is 2.14. The van der Waals surface area contributed by atoms with Crippen LogP contribution in [0, 0.1) is 16.7 Å². The Morgan fingerprint density at radius 1 is 1.35 bits per heavy atom. The van der Waals surface area contributed by atoms with Crippen molar-refractivity contribution in [2.24, 2.45) is 17.1 Å². The van der Waals surface area contributed by atoms with E-state index in [0.717, 1.165) is 15.5 Å². The van der Waals surface area contributed by atoms with E-state index < -0.39 is 0 Å². The Balaban J connectivity index is 0.000000477. The fourth-order valence-corrected chi connectivity index (χ4v) is 1.93. The second-order valence-corrected chi connectivity index (χ2v) is 8.83. The first-order valence-electron chi connectivity index (χ1n) is 8.54. The van der Waals surface area contributed by atoms with Crippen LogP contribution in [0.2, 0.25) is 0 Å². The second-order valence-electron chi connectivity index (χ2n) is 7.28. The van der Waals surface area contributed by atoms with Crippen molar-refractivity contribution < 1.29 is 0 Å². The zero-order valence-electron chi connectivity index (χ0n) is 16.8. The summed E-state index contributed by atoms with van der Waals surface area (Å²) >= 11 is 6.42. The number of nitrogens with two attached hydrogens (primary N) is 1. The van der Waals surface area contributed by atoms with Crippen LogP contribution in [0.3, 0.4) is 0 Å². The number of allylic oxidation sites excluding steroid dienone is 1. The van der Waals surface area contributed by atoms with Crippen LogP contribution in [0.1, 0.15) is 48.5 Å². The molecule has 0 aliphatic rings. The predicted octanol–water partition coefficient (Wildman–Crippen LogP) is 5.87. The van der Waals surface area contributed by atoms with Crippen LogP contribution in [0.4, 0.5) is 5.13 Å². The molecule has 0 saturated heterocycles. The second kappa shape index (κ2) is 12.0. The third-order valence-corrected chi connectivity index (χ3v) is 4.13. The number of fused-ring (bicyclic) bond motifs is 1. The first-order chi connectivity index (χ1) is 11.9. The Morgan fingerprint density at radius 2 is 1.88 bits per heavy atom. The van der Waals surface area contributed by atoms with E-state index in [2.05, 4.69) is 56.0 Å². The maximum atomic E-state index is 6.27. The van der Waals surface area contributed by atoms with Crippen molar-refractivity contribution in [1.29, 1.82) is 5.41 Å². The van der Waals surface area contributed by atoms with Crippen molar-refractivity contribution in [3.8, 4) is 0 Å². The number of hydrogen-bond donors (Lipinski definition) is 3. The van der Waals surface area contributed by atoms with Crippen molar-refractivity contribution in [2.45, 2.75) is 54.5 Å². The molecule has 2 rings (SSSR count). The average molecular weight is 398 g/mol. The number of hydrogen-bond acceptors (Lipinski definition) is 6. The summed E-state index contributed by atoms with van der Waals surface area (Å²) in [7, 11) is 0. The van der Waals surface area contributed by atoms with E-state index >= 15 is 0 Å². The van der Waals surface area contributed by atoms with Gasteiger partial charge in [0.25, 0.3) is 0 Å². The maximum absolute atomic E-state index is 6.27. The van der Waals surface area contributed by atoms with Crippen LogP contribution in [-0.2, 0) is 0 Å². The molecule has 0 aromatic carbocycles. The average Bonchev–Trinajstić information content (AvgIpc) is 2.88. The molecule has 0 spiro atoms. The molecule has 5 nitrogen and oxygen atoms in total. The van der Waals surface area contributed by atoms with E-state index in [0.29, 0.717) is 12.0 Å². The molecule has 0 fully saturated rings. The molecule has 4 N–H and O–H groups in total. The van der Waals surface area contributed by atoms with Gasteiger partial charge in [0.15, 0.2) is 5.13 Å². The van der Waals surface area contributed by atoms with Gasteiger partial charge in [0.1, 0.15) is 10.3 Å². The topological polar surface area (TPSA) is 87.7 Å². The zero-order chi connectivity index (χ0) is 20.3. The molecule has 26 heavy (non-hydrogen) atoms. The minimum Gasteiger partial charge on any atom is -0.338 e. The monoisotopic (exact) mass is 397 g/mol. The molecular formula is C19H32ClN5S. The number of nitrogens with one attached hydrogen (secondary N) is 2. The van der Waals surface area contributed by atoms with E-state index in [9.17, 15) is 0 Å². The number of nitrogens with zero attached hydrogens (tertiary/aromatic N) is 2. The molecule has 0 bridgehead atoms. The number of thiazole rings is 1. The number of halogens is 1. The van der Waals surface area contributed by atoms with Crippen molar-refractivity contribution in [1.82, 2.24) is 9.97 Å². The minimum atomic E-state index is 0.139. The van der Waals surface area contributed by atoms with Crippen LogP contribution < -0.4 is 11.1 Å². The van der Waals surface area contributed by atoms with Crippen molar-refractivity contribution >= 4 is 43.6 Å². The Labute approximate surface area is 166 Å². The molecule has 0 amide bonds. The standard InChI is InChI=1S/C11H13N3S.C6H15N.C2H4ClN/c1-8(2)5-7-13-11-14-9-4-3-6-12-10(9)15-11;1-5(7)6(2,3)4;1-2(3)4/h3-8H,1-2H3,(H,13,14);5H,7H2,1-4H3;4H,1H3/b7-5+;;/t;5-;/m.0./s1. The highest BCUT2D eigenvalue weighted by atomic mass is 35.5. The molecule has 0 saturated carbocycles. The Hall–Kier alpha value is -1.50. The fourth-order valence-electron chi connectivity index (χ4n) is 1.14. The van der Waals surface area contributed by atoms with Gasteiger partial charge in [-0.15, -0.1) is 0 Å². The lowest BCUT2D eigenvalue weighted by Gasteiger charge is -2.22. The van der Waals surface area contributed by atoms with Gasteiger partial charge in [0, 0.05) is 12.2 Å². The fraction of sp³-hybridized carbons (Fsp3) is 0.526. The molecular weight excluding hydrogens is 366 g/mol. The van der Waals surface area contributed by atoms with E-state index in [1.807, 2.05) is 25.3 Å². The molecule has 2 aromatic rings. The zero-order valence-corrected chi connectivity index (χ0v) is 18.4. The van der Waals surface area contributed by atoms with E-state index in [4.69, 9.17) is 22.7 Å². The molecule has 0 unspecified atom stereocenters. The summed E-state index contributed by atoms with van der Waals surface area (Å²) in [5, 5.41) is 10.4. The molecule has 7 heteroatoms. The number of rotatable bonds is 3. The van der Waals surface area contributed by atoms with Gasteiger partial charge in [-0.1, -0.05) is 63.6 Å². The molecule has 0 radical (unpaired) electrons. The molecule has 1 atom stereocenters. The largest absolute Gasteiger partial charge is 0.338 e. The summed E-state index contributed by atoms with van der Waals surface area (Å²) in [6, 6.07) is 4.17. The van der Waals surface area contributed by atoms with E-state index in [1.54, 1.807) is 17.5 Å². The lowest BCUT2D eigenvalue weighted by atomic mass is 9.89. The SMILES string of the molecule is CC(=N)Cl.CC(C)/C=C/Nc1nc2cccnc2s1.C[C@H](N)C(C)(C)C. The summed E-state index contributed by atoms with van der Waals surface area (Å²) < 4.78 is 0. The Morgan fingerprint density at radius 3 is 2.31 bits per heavy atom. The van der Waals surface area contributed by atoms with Gasteiger partial charge in [-0.2, -0.15) is 0 Å². The van der Waals surface area contributed by atoms with Gasteiger partial charge in [-0.05, 0) is 43.5 Å². The van der Waals surface area contributed by atoms with Crippen molar-refractivity contribution in [3.05, 3.63) is 30.6 Å². The van der Waals surface area contributed by atoms with Crippen molar-refractivity contribution in [2.75, 3.05) is 5.32 Å². The molecule has 2 aromatic heterocycles. The first-order valence-corrected chi connectivity index (χ1v) is 9.74. The Kier molecular flexibility index (Phi) is 11.3. The molecule has 2 heterocycles. The molecule has 0 aliphatic heterocycles. The normalized spacial score (nSPS) is 12.2. The number of pyridine rings is 1. The minimum absolute atomic E-state index is 0.139. The van der Waals surface area contributed by atoms with Crippen molar-refractivity contribution in [3.63, 3.8) is 0 Å². The van der Waals surface area contributed by atoms with Crippen LogP contribution in [0.25, 0.3) is 10.3 Å². The lowest BCUT2D eigenvalue weighted by Crippen LogP contribution is -2.31. The first kappa shape index (κ1) is 24.5. The molecule has 0 aliphatic carbocycles. The van der Waals surface area contributed by atoms with E-state index in [-0.39, 0.29) is 10.6 Å². The van der Waals surface area contributed by atoms with Crippen LogP contribution >= 0.6 is 22.9 Å². The van der Waals surface area contributed by atoms with Crippen LogP contribution in [0.15, 0.2) is 30.6 Å². The lowest BCUT2D eigenvalue weighted by molar-refractivity contribution is 0.340. The third-order valence-electron chi connectivity index (χ3n) is 3.22. The van der Waals surface area contributed by atoms with Gasteiger partial charge < -0.3 is 11.1 Å². The third kappa shape index (κ3) is 12.0. The number of aromatic nitrogens is 2. The quantitative estimate of drug-likeness (QED) is 0.564.